The van der Waals surface area contributed by atoms with Crippen LogP contribution in [0.3, 0.4) is 0 Å². The monoisotopic (exact) mass is 233 g/mol. The SMILES string of the molecule is C[C@]1(C(=O)C(N)C[C@@H]2CCC(F)(F)C2)CO1. The fourth-order valence-electron chi connectivity index (χ4n) is 2.35. The molecular formula is C11H17F2NO2. The molecule has 0 aromatic heterocycles. The molecule has 0 bridgehead atoms. The van der Waals surface area contributed by atoms with Gasteiger partial charge in [-0.15, -0.1) is 0 Å². The highest BCUT2D eigenvalue weighted by molar-refractivity contribution is 5.93. The van der Waals surface area contributed by atoms with E-state index < -0.39 is 17.6 Å². The van der Waals surface area contributed by atoms with Gasteiger partial charge >= 0.3 is 0 Å². The standard InChI is InChI=1S/C11H17F2NO2/c1-10(6-16-10)9(15)8(14)4-7-2-3-11(12,13)5-7/h7-8H,2-6,14H2,1H3/t7-,8?,10+/m0/s1. The average molecular weight is 233 g/mol. The maximum Gasteiger partial charge on any atom is 0.248 e. The summed E-state index contributed by atoms with van der Waals surface area (Å²) in [6, 6.07) is -0.661. The van der Waals surface area contributed by atoms with Crippen molar-refractivity contribution in [2.45, 2.75) is 50.2 Å². The molecule has 2 fully saturated rings. The molecule has 5 heteroatoms. The largest absolute Gasteiger partial charge is 0.362 e. The Kier molecular flexibility index (Phi) is 2.78. The lowest BCUT2D eigenvalue weighted by Gasteiger charge is -2.17. The summed E-state index contributed by atoms with van der Waals surface area (Å²) in [5.74, 6) is -2.84. The molecule has 92 valence electrons. The minimum atomic E-state index is -2.56. The molecule has 3 atom stereocenters. The molecule has 0 amide bonds. The molecule has 3 nitrogen and oxygen atoms in total. The highest BCUT2D eigenvalue weighted by atomic mass is 19.3. The van der Waals surface area contributed by atoms with E-state index in [0.717, 1.165) is 0 Å². The van der Waals surface area contributed by atoms with Crippen LogP contribution in [-0.4, -0.2) is 30.0 Å². The Balaban J connectivity index is 1.84. The Bertz CT molecular complexity index is 302. The topological polar surface area (TPSA) is 55.6 Å². The van der Waals surface area contributed by atoms with Gasteiger partial charge in [-0.3, -0.25) is 4.79 Å². The quantitative estimate of drug-likeness (QED) is 0.748. The molecule has 2 rings (SSSR count). The third kappa shape index (κ3) is 2.40. The highest BCUT2D eigenvalue weighted by Gasteiger charge is 2.50. The minimum Gasteiger partial charge on any atom is -0.362 e. The zero-order chi connectivity index (χ0) is 12.0. The molecule has 1 unspecified atom stereocenters. The lowest BCUT2D eigenvalue weighted by Crippen LogP contribution is -2.40. The first-order valence-corrected chi connectivity index (χ1v) is 5.64. The van der Waals surface area contributed by atoms with Crippen LogP contribution in [0.25, 0.3) is 0 Å². The van der Waals surface area contributed by atoms with E-state index in [2.05, 4.69) is 0 Å². The van der Waals surface area contributed by atoms with Gasteiger partial charge < -0.3 is 10.5 Å². The number of epoxide rings is 1. The highest BCUT2D eigenvalue weighted by Crippen LogP contribution is 2.41. The van der Waals surface area contributed by atoms with Gasteiger partial charge in [-0.05, 0) is 25.7 Å². The van der Waals surface area contributed by atoms with Crippen molar-refractivity contribution < 1.29 is 18.3 Å². The van der Waals surface area contributed by atoms with Crippen LogP contribution >= 0.6 is 0 Å². The maximum absolute atomic E-state index is 12.9. The Labute approximate surface area is 93.3 Å². The molecular weight excluding hydrogens is 216 g/mol. The van der Waals surface area contributed by atoms with Crippen molar-refractivity contribution in [2.24, 2.45) is 11.7 Å². The maximum atomic E-state index is 12.9. The van der Waals surface area contributed by atoms with Gasteiger partial charge in [0.25, 0.3) is 0 Å². The molecule has 1 heterocycles. The number of nitrogens with two attached hydrogens (primary N) is 1. The van der Waals surface area contributed by atoms with Crippen LogP contribution in [0.15, 0.2) is 0 Å². The number of carbonyl (C=O) groups is 1. The van der Waals surface area contributed by atoms with E-state index in [0.29, 0.717) is 19.4 Å². The van der Waals surface area contributed by atoms with Gasteiger partial charge in [0, 0.05) is 12.8 Å². The van der Waals surface area contributed by atoms with Gasteiger partial charge in [0.2, 0.25) is 5.92 Å². The summed E-state index contributed by atoms with van der Waals surface area (Å²) >= 11 is 0. The number of carbonyl (C=O) groups excluding carboxylic acids is 1. The van der Waals surface area contributed by atoms with Gasteiger partial charge in [-0.1, -0.05) is 0 Å². The average Bonchev–Trinajstić information content (AvgIpc) is 2.84. The van der Waals surface area contributed by atoms with Crippen molar-refractivity contribution in [3.05, 3.63) is 0 Å². The molecule has 2 N–H and O–H groups in total. The molecule has 16 heavy (non-hydrogen) atoms. The van der Waals surface area contributed by atoms with E-state index in [-0.39, 0.29) is 24.5 Å². The first-order chi connectivity index (χ1) is 7.32. The van der Waals surface area contributed by atoms with E-state index in [1.54, 1.807) is 6.92 Å². The number of ether oxygens (including phenoxy) is 1. The molecule has 1 aliphatic carbocycles. The zero-order valence-corrected chi connectivity index (χ0v) is 9.34. The third-order valence-electron chi connectivity index (χ3n) is 3.53. The fraction of sp³-hybridized carbons (Fsp3) is 0.909. The molecule has 1 saturated heterocycles. The van der Waals surface area contributed by atoms with Crippen LogP contribution in [-0.2, 0) is 9.53 Å². The molecule has 0 radical (unpaired) electrons. The van der Waals surface area contributed by atoms with Crippen LogP contribution in [0.5, 0.6) is 0 Å². The van der Waals surface area contributed by atoms with Crippen molar-refractivity contribution in [3.8, 4) is 0 Å². The number of hydrogen-bond acceptors (Lipinski definition) is 3. The van der Waals surface area contributed by atoms with Crippen molar-refractivity contribution in [3.63, 3.8) is 0 Å². The first-order valence-electron chi connectivity index (χ1n) is 5.64. The van der Waals surface area contributed by atoms with Crippen LogP contribution in [0.2, 0.25) is 0 Å². The molecule has 1 saturated carbocycles. The number of Topliss-reactive ketones (excluding diaryl/α,β-unsaturated/α-hetero) is 1. The van der Waals surface area contributed by atoms with Gasteiger partial charge in [-0.25, -0.2) is 8.78 Å². The summed E-state index contributed by atoms with van der Waals surface area (Å²) in [6.45, 7) is 2.10. The summed E-state index contributed by atoms with van der Waals surface area (Å²) in [5, 5.41) is 0. The van der Waals surface area contributed by atoms with E-state index in [4.69, 9.17) is 10.5 Å². The number of ketones is 1. The second-order valence-electron chi connectivity index (χ2n) is 5.19. The van der Waals surface area contributed by atoms with Crippen molar-refractivity contribution in [1.29, 1.82) is 0 Å². The lowest BCUT2D eigenvalue weighted by atomic mass is 9.91. The number of rotatable bonds is 4. The van der Waals surface area contributed by atoms with Gasteiger partial charge in [0.15, 0.2) is 5.78 Å². The number of halogens is 2. The van der Waals surface area contributed by atoms with Crippen molar-refractivity contribution in [1.82, 2.24) is 0 Å². The zero-order valence-electron chi connectivity index (χ0n) is 9.34. The molecule has 2 aliphatic rings. The lowest BCUT2D eigenvalue weighted by molar-refractivity contribution is -0.125. The summed E-state index contributed by atoms with van der Waals surface area (Å²) in [5.41, 5.74) is 5.00. The number of hydrogen-bond donors (Lipinski definition) is 1. The van der Waals surface area contributed by atoms with Gasteiger partial charge in [-0.2, -0.15) is 0 Å². The summed E-state index contributed by atoms with van der Waals surface area (Å²) < 4.78 is 30.9. The summed E-state index contributed by atoms with van der Waals surface area (Å²) in [6.07, 6.45) is 0.608. The van der Waals surface area contributed by atoms with Crippen molar-refractivity contribution in [2.75, 3.05) is 6.61 Å². The van der Waals surface area contributed by atoms with Gasteiger partial charge in [0.1, 0.15) is 5.60 Å². The third-order valence-corrected chi connectivity index (χ3v) is 3.53. The first kappa shape index (κ1) is 11.9. The molecule has 0 aromatic rings. The van der Waals surface area contributed by atoms with E-state index in [1.165, 1.54) is 0 Å². The Morgan fingerprint density at radius 3 is 2.69 bits per heavy atom. The smallest absolute Gasteiger partial charge is 0.248 e. The molecule has 1 aliphatic heterocycles. The van der Waals surface area contributed by atoms with Crippen LogP contribution in [0.4, 0.5) is 8.78 Å². The normalized spacial score (nSPS) is 38.4. The Morgan fingerprint density at radius 2 is 2.25 bits per heavy atom. The molecule has 0 spiro atoms. The predicted octanol–water partition coefficient (Wildman–Crippen LogP) is 1.50. The second kappa shape index (κ2) is 3.74. The molecule has 0 aromatic carbocycles. The fourth-order valence-corrected chi connectivity index (χ4v) is 2.35. The summed E-state index contributed by atoms with van der Waals surface area (Å²) in [7, 11) is 0. The van der Waals surface area contributed by atoms with E-state index in [1.807, 2.05) is 0 Å². The van der Waals surface area contributed by atoms with Crippen LogP contribution in [0.1, 0.15) is 32.6 Å². The second-order valence-corrected chi connectivity index (χ2v) is 5.19. The number of alkyl halides is 2. The van der Waals surface area contributed by atoms with Crippen LogP contribution < -0.4 is 5.73 Å². The van der Waals surface area contributed by atoms with Gasteiger partial charge in [0.05, 0.1) is 12.6 Å². The minimum absolute atomic E-state index is 0.0770. The predicted molar refractivity (Wildman–Crippen MR) is 54.2 cm³/mol. The van der Waals surface area contributed by atoms with E-state index >= 15 is 0 Å². The Hall–Kier alpha value is -0.550. The van der Waals surface area contributed by atoms with Crippen LogP contribution in [0, 0.1) is 5.92 Å². The summed E-state index contributed by atoms with van der Waals surface area (Å²) in [4.78, 5) is 11.7. The van der Waals surface area contributed by atoms with E-state index in [9.17, 15) is 13.6 Å². The Morgan fingerprint density at radius 1 is 1.62 bits per heavy atom. The van der Waals surface area contributed by atoms with Crippen molar-refractivity contribution >= 4 is 5.78 Å².